The number of halogens is 1. The number of allylic oxidation sites excluding steroid dienone is 1. The summed E-state index contributed by atoms with van der Waals surface area (Å²) in [5.41, 5.74) is 8.50. The van der Waals surface area contributed by atoms with E-state index in [9.17, 15) is 0 Å². The van der Waals surface area contributed by atoms with E-state index in [1.807, 2.05) is 0 Å². The lowest BCUT2D eigenvalue weighted by molar-refractivity contribution is 0.536. The SMILES string of the molecule is CCCCCCCCCCCCCCCCC=Cc1ccccc1C(C)(C)N.Cl. The van der Waals surface area contributed by atoms with Gasteiger partial charge in [0.1, 0.15) is 0 Å². The maximum atomic E-state index is 6.28. The van der Waals surface area contributed by atoms with Crippen LogP contribution in [0.3, 0.4) is 0 Å². The predicted molar refractivity (Wildman–Crippen MR) is 135 cm³/mol. The Morgan fingerprint density at radius 1 is 0.724 bits per heavy atom. The molecule has 0 atom stereocenters. The van der Waals surface area contributed by atoms with Gasteiger partial charge in [-0.15, -0.1) is 12.4 Å². The molecular formula is C27H48ClN. The molecule has 0 aliphatic rings. The van der Waals surface area contributed by atoms with Crippen LogP contribution in [0.1, 0.15) is 128 Å². The van der Waals surface area contributed by atoms with E-state index < -0.39 is 0 Å². The van der Waals surface area contributed by atoms with Crippen molar-refractivity contribution in [3.05, 3.63) is 41.5 Å². The van der Waals surface area contributed by atoms with Crippen molar-refractivity contribution < 1.29 is 0 Å². The number of nitrogens with two attached hydrogens (primary N) is 1. The van der Waals surface area contributed by atoms with Crippen LogP contribution in [-0.2, 0) is 5.54 Å². The molecule has 0 spiro atoms. The molecule has 0 amide bonds. The second-order valence-corrected chi connectivity index (χ2v) is 9.10. The van der Waals surface area contributed by atoms with Crippen LogP contribution in [0.5, 0.6) is 0 Å². The van der Waals surface area contributed by atoms with Gasteiger partial charge in [0.15, 0.2) is 0 Å². The number of rotatable bonds is 17. The summed E-state index contributed by atoms with van der Waals surface area (Å²) in [6, 6.07) is 8.49. The summed E-state index contributed by atoms with van der Waals surface area (Å²) in [6.45, 7) is 6.44. The Morgan fingerprint density at radius 3 is 1.66 bits per heavy atom. The fraction of sp³-hybridized carbons (Fsp3) is 0.704. The second kappa shape index (κ2) is 18.0. The highest BCUT2D eigenvalue weighted by molar-refractivity contribution is 5.85. The number of hydrogen-bond donors (Lipinski definition) is 1. The van der Waals surface area contributed by atoms with E-state index in [1.54, 1.807) is 0 Å². The van der Waals surface area contributed by atoms with Gasteiger partial charge in [-0.3, -0.25) is 0 Å². The first-order chi connectivity index (χ1) is 13.6. The van der Waals surface area contributed by atoms with Crippen molar-refractivity contribution in [3.63, 3.8) is 0 Å². The quantitative estimate of drug-likeness (QED) is 0.249. The molecule has 0 bridgehead atoms. The van der Waals surface area contributed by atoms with Crippen LogP contribution in [-0.4, -0.2) is 0 Å². The lowest BCUT2D eigenvalue weighted by Gasteiger charge is -2.21. The maximum absolute atomic E-state index is 6.28. The Labute approximate surface area is 188 Å². The molecule has 1 aromatic rings. The summed E-state index contributed by atoms with van der Waals surface area (Å²) in [7, 11) is 0. The lowest BCUT2D eigenvalue weighted by Crippen LogP contribution is -2.29. The molecule has 1 rings (SSSR count). The number of hydrogen-bond acceptors (Lipinski definition) is 1. The summed E-state index contributed by atoms with van der Waals surface area (Å²) >= 11 is 0. The topological polar surface area (TPSA) is 26.0 Å². The lowest BCUT2D eigenvalue weighted by atomic mass is 9.90. The molecule has 0 aliphatic heterocycles. The molecule has 0 saturated carbocycles. The molecule has 0 radical (unpaired) electrons. The van der Waals surface area contributed by atoms with E-state index in [0.29, 0.717) is 0 Å². The van der Waals surface area contributed by atoms with Gasteiger partial charge in [-0.25, -0.2) is 0 Å². The third kappa shape index (κ3) is 14.8. The van der Waals surface area contributed by atoms with Gasteiger partial charge < -0.3 is 5.73 Å². The van der Waals surface area contributed by atoms with Gasteiger partial charge >= 0.3 is 0 Å². The van der Waals surface area contributed by atoms with Crippen molar-refractivity contribution in [1.82, 2.24) is 0 Å². The fourth-order valence-electron chi connectivity index (χ4n) is 3.90. The first-order valence-corrected chi connectivity index (χ1v) is 12.1. The molecule has 0 aliphatic carbocycles. The van der Waals surface area contributed by atoms with Gasteiger partial charge in [-0.1, -0.05) is 127 Å². The highest BCUT2D eigenvalue weighted by Crippen LogP contribution is 2.22. The Bertz CT molecular complexity index is 516. The summed E-state index contributed by atoms with van der Waals surface area (Å²) in [6.07, 6.45) is 25.6. The average Bonchev–Trinajstić information content (AvgIpc) is 2.67. The summed E-state index contributed by atoms with van der Waals surface area (Å²) in [4.78, 5) is 0. The predicted octanol–water partition coefficient (Wildman–Crippen LogP) is 9.19. The van der Waals surface area contributed by atoms with E-state index in [2.05, 4.69) is 57.2 Å². The summed E-state index contributed by atoms with van der Waals surface area (Å²) in [5, 5.41) is 0. The van der Waals surface area contributed by atoms with Gasteiger partial charge in [0.2, 0.25) is 0 Å². The van der Waals surface area contributed by atoms with Crippen LogP contribution >= 0.6 is 12.4 Å². The Balaban J connectivity index is 0.00000784. The van der Waals surface area contributed by atoms with Gasteiger partial charge in [-0.05, 0) is 37.8 Å². The minimum Gasteiger partial charge on any atom is -0.322 e. The molecule has 2 N–H and O–H groups in total. The first kappa shape index (κ1) is 28.2. The molecular weight excluding hydrogens is 374 g/mol. The van der Waals surface area contributed by atoms with Crippen molar-refractivity contribution in [2.24, 2.45) is 5.73 Å². The Hall–Kier alpha value is -0.790. The Morgan fingerprint density at radius 2 is 1.17 bits per heavy atom. The van der Waals surface area contributed by atoms with E-state index >= 15 is 0 Å². The minimum absolute atomic E-state index is 0. The highest BCUT2D eigenvalue weighted by atomic mass is 35.5. The third-order valence-electron chi connectivity index (χ3n) is 5.68. The van der Waals surface area contributed by atoms with E-state index in [1.165, 1.54) is 107 Å². The molecule has 29 heavy (non-hydrogen) atoms. The van der Waals surface area contributed by atoms with Crippen LogP contribution in [0, 0.1) is 0 Å². The fourth-order valence-corrected chi connectivity index (χ4v) is 3.90. The maximum Gasteiger partial charge on any atom is 0.0358 e. The van der Waals surface area contributed by atoms with Crippen molar-refractivity contribution in [2.45, 2.75) is 123 Å². The minimum atomic E-state index is -0.282. The van der Waals surface area contributed by atoms with Gasteiger partial charge in [0, 0.05) is 5.54 Å². The Kier molecular flexibility index (Phi) is 17.5. The molecule has 168 valence electrons. The zero-order chi connectivity index (χ0) is 20.5. The van der Waals surface area contributed by atoms with Crippen molar-refractivity contribution in [3.8, 4) is 0 Å². The zero-order valence-electron chi connectivity index (χ0n) is 19.6. The van der Waals surface area contributed by atoms with Gasteiger partial charge in [0.25, 0.3) is 0 Å². The monoisotopic (exact) mass is 421 g/mol. The molecule has 0 saturated heterocycles. The van der Waals surface area contributed by atoms with E-state index in [-0.39, 0.29) is 17.9 Å². The van der Waals surface area contributed by atoms with Gasteiger partial charge in [0.05, 0.1) is 0 Å². The van der Waals surface area contributed by atoms with Crippen LogP contribution in [0.4, 0.5) is 0 Å². The second-order valence-electron chi connectivity index (χ2n) is 9.10. The molecule has 0 heterocycles. The van der Waals surface area contributed by atoms with Crippen LogP contribution in [0.15, 0.2) is 30.3 Å². The van der Waals surface area contributed by atoms with Gasteiger partial charge in [-0.2, -0.15) is 0 Å². The molecule has 0 unspecified atom stereocenters. The van der Waals surface area contributed by atoms with E-state index in [4.69, 9.17) is 5.73 Å². The molecule has 0 aromatic heterocycles. The van der Waals surface area contributed by atoms with Crippen molar-refractivity contribution in [2.75, 3.05) is 0 Å². The zero-order valence-corrected chi connectivity index (χ0v) is 20.4. The highest BCUT2D eigenvalue weighted by Gasteiger charge is 2.16. The molecule has 2 heteroatoms. The van der Waals surface area contributed by atoms with Crippen molar-refractivity contribution >= 4 is 18.5 Å². The van der Waals surface area contributed by atoms with Crippen LogP contribution < -0.4 is 5.73 Å². The summed E-state index contributed by atoms with van der Waals surface area (Å²) < 4.78 is 0. The first-order valence-electron chi connectivity index (χ1n) is 12.1. The van der Waals surface area contributed by atoms with Crippen LogP contribution in [0.25, 0.3) is 6.08 Å². The largest absolute Gasteiger partial charge is 0.322 e. The molecule has 1 nitrogen and oxygen atoms in total. The molecule has 0 fully saturated rings. The average molecular weight is 422 g/mol. The smallest absolute Gasteiger partial charge is 0.0358 e. The van der Waals surface area contributed by atoms with Crippen molar-refractivity contribution in [1.29, 1.82) is 0 Å². The van der Waals surface area contributed by atoms with E-state index in [0.717, 1.165) is 0 Å². The number of benzene rings is 1. The standard InChI is InChI=1S/C27H47N.ClH/c1-4-5-6-7-8-9-10-11-12-13-14-15-16-17-18-19-22-25-23-20-21-24-26(25)27(2,3)28;/h19-24H,4-18,28H2,1-3H3;1H. The molecule has 1 aromatic carbocycles. The summed E-state index contributed by atoms with van der Waals surface area (Å²) in [5.74, 6) is 0. The number of unbranched alkanes of at least 4 members (excludes halogenated alkanes) is 14. The third-order valence-corrected chi connectivity index (χ3v) is 5.68. The normalized spacial score (nSPS) is 11.7. The van der Waals surface area contributed by atoms with Crippen LogP contribution in [0.2, 0.25) is 0 Å².